The fourth-order valence-corrected chi connectivity index (χ4v) is 4.24. The lowest BCUT2D eigenvalue weighted by Gasteiger charge is -2.12. The van der Waals surface area contributed by atoms with Crippen molar-refractivity contribution in [2.45, 2.75) is 85.0 Å². The SMILES string of the molecule is CCCCCc1ccc(CC(=O)Oc2ccc(C)cc2OC(=O)Cc2ccc(CCCCC)cc2)cc1.O.O. The molecule has 0 aliphatic heterocycles. The van der Waals surface area contributed by atoms with Crippen LogP contribution in [0.1, 0.15) is 80.2 Å². The molecule has 3 rings (SSSR count). The number of aryl methyl sites for hydroxylation is 3. The molecule has 39 heavy (non-hydrogen) atoms. The van der Waals surface area contributed by atoms with Crippen LogP contribution >= 0.6 is 0 Å². The van der Waals surface area contributed by atoms with Crippen LogP contribution < -0.4 is 9.47 Å². The van der Waals surface area contributed by atoms with E-state index in [9.17, 15) is 9.59 Å². The van der Waals surface area contributed by atoms with Crippen molar-refractivity contribution in [1.29, 1.82) is 0 Å². The van der Waals surface area contributed by atoms with E-state index in [1.165, 1.54) is 49.7 Å². The van der Waals surface area contributed by atoms with Gasteiger partial charge in [0.2, 0.25) is 0 Å². The average Bonchev–Trinajstić information content (AvgIpc) is 2.88. The number of ether oxygens (including phenoxy) is 2. The molecule has 4 N–H and O–H groups in total. The highest BCUT2D eigenvalue weighted by Crippen LogP contribution is 2.29. The van der Waals surface area contributed by atoms with Crippen LogP contribution in [0.4, 0.5) is 0 Å². The van der Waals surface area contributed by atoms with Crippen LogP contribution in [0, 0.1) is 6.92 Å². The number of unbranched alkanes of at least 4 members (excludes halogenated alkanes) is 4. The largest absolute Gasteiger partial charge is 0.422 e. The van der Waals surface area contributed by atoms with Crippen molar-refractivity contribution in [2.24, 2.45) is 0 Å². The Morgan fingerprint density at radius 3 is 1.41 bits per heavy atom. The summed E-state index contributed by atoms with van der Waals surface area (Å²) in [5.41, 5.74) is 5.27. The van der Waals surface area contributed by atoms with Crippen LogP contribution in [0.2, 0.25) is 0 Å². The number of benzene rings is 3. The normalized spacial score (nSPS) is 10.2. The lowest BCUT2D eigenvalue weighted by atomic mass is 10.0. The first-order valence-corrected chi connectivity index (χ1v) is 13.6. The number of carbonyl (C=O) groups is 2. The quantitative estimate of drug-likeness (QED) is 0.140. The zero-order chi connectivity index (χ0) is 26.5. The van der Waals surface area contributed by atoms with E-state index in [2.05, 4.69) is 38.1 Å². The molecular formula is C33H44O6. The first-order valence-electron chi connectivity index (χ1n) is 13.6. The fourth-order valence-electron chi connectivity index (χ4n) is 4.24. The van der Waals surface area contributed by atoms with Crippen molar-refractivity contribution >= 4 is 11.9 Å². The number of hydrogen-bond donors (Lipinski definition) is 0. The smallest absolute Gasteiger partial charge is 0.315 e. The first kappa shape index (κ1) is 33.5. The number of esters is 2. The maximum Gasteiger partial charge on any atom is 0.315 e. The maximum atomic E-state index is 12.7. The van der Waals surface area contributed by atoms with Gasteiger partial charge in [0.25, 0.3) is 0 Å². The van der Waals surface area contributed by atoms with Crippen molar-refractivity contribution in [2.75, 3.05) is 0 Å². The van der Waals surface area contributed by atoms with Gasteiger partial charge in [0, 0.05) is 0 Å². The standard InChI is InChI=1S/C33H40O4.2H2O/c1-4-6-8-10-26-13-17-28(18-14-26)23-32(34)36-30-21-12-25(3)22-31(30)37-33(35)24-29-19-15-27(16-20-29)11-9-7-5-2;;/h12-22H,4-11,23-24H2,1-3H3;2*1H2. The molecule has 3 aromatic rings. The van der Waals surface area contributed by atoms with Crippen molar-refractivity contribution < 1.29 is 30.0 Å². The van der Waals surface area contributed by atoms with Crippen molar-refractivity contribution in [3.63, 3.8) is 0 Å². The molecule has 0 saturated carbocycles. The molecule has 0 aliphatic carbocycles. The van der Waals surface area contributed by atoms with Gasteiger partial charge >= 0.3 is 11.9 Å². The summed E-state index contributed by atoms with van der Waals surface area (Å²) in [6.45, 7) is 6.30. The van der Waals surface area contributed by atoms with E-state index in [0.29, 0.717) is 0 Å². The van der Waals surface area contributed by atoms with Crippen LogP contribution in [-0.4, -0.2) is 22.9 Å². The molecule has 0 radical (unpaired) electrons. The summed E-state index contributed by atoms with van der Waals surface area (Å²) in [7, 11) is 0. The molecule has 0 amide bonds. The van der Waals surface area contributed by atoms with E-state index in [0.717, 1.165) is 29.5 Å². The van der Waals surface area contributed by atoms with E-state index in [4.69, 9.17) is 9.47 Å². The van der Waals surface area contributed by atoms with Gasteiger partial charge in [0.05, 0.1) is 12.8 Å². The predicted molar refractivity (Wildman–Crippen MR) is 156 cm³/mol. The number of rotatable bonds is 14. The Hall–Kier alpha value is -3.48. The van der Waals surface area contributed by atoms with E-state index in [-0.39, 0.29) is 41.3 Å². The molecule has 0 atom stereocenters. The highest BCUT2D eigenvalue weighted by Gasteiger charge is 2.15. The predicted octanol–water partition coefficient (Wildman–Crippen LogP) is 6.11. The van der Waals surface area contributed by atoms with Crippen LogP contribution in [0.5, 0.6) is 11.5 Å². The molecule has 0 spiro atoms. The summed E-state index contributed by atoms with van der Waals surface area (Å²) in [4.78, 5) is 25.3. The Bertz CT molecular complexity index is 1140. The van der Waals surface area contributed by atoms with Gasteiger partial charge in [-0.15, -0.1) is 0 Å². The third-order valence-electron chi connectivity index (χ3n) is 6.43. The van der Waals surface area contributed by atoms with E-state index >= 15 is 0 Å². The van der Waals surface area contributed by atoms with Crippen LogP contribution in [-0.2, 0) is 35.3 Å². The van der Waals surface area contributed by atoms with Gasteiger partial charge in [-0.3, -0.25) is 9.59 Å². The zero-order valence-electron chi connectivity index (χ0n) is 23.6. The minimum atomic E-state index is -0.390. The molecule has 6 heteroatoms. The Kier molecular flexibility index (Phi) is 15.4. The lowest BCUT2D eigenvalue weighted by molar-refractivity contribution is -0.136. The van der Waals surface area contributed by atoms with Crippen LogP contribution in [0.25, 0.3) is 0 Å². The van der Waals surface area contributed by atoms with Gasteiger partial charge in [-0.25, -0.2) is 0 Å². The highest BCUT2D eigenvalue weighted by atomic mass is 16.6. The monoisotopic (exact) mass is 536 g/mol. The second kappa shape index (κ2) is 17.9. The summed E-state index contributed by atoms with van der Waals surface area (Å²) in [6, 6.07) is 21.5. The van der Waals surface area contributed by atoms with Crippen LogP contribution in [0.3, 0.4) is 0 Å². The van der Waals surface area contributed by atoms with Gasteiger partial charge in [-0.1, -0.05) is 94.1 Å². The molecular weight excluding hydrogens is 492 g/mol. The van der Waals surface area contributed by atoms with Crippen molar-refractivity contribution in [1.82, 2.24) is 0 Å². The minimum absolute atomic E-state index is 0. The second-order valence-electron chi connectivity index (χ2n) is 9.80. The van der Waals surface area contributed by atoms with Gasteiger partial charge in [-0.05, 0) is 72.6 Å². The molecule has 0 unspecified atom stereocenters. The summed E-state index contributed by atoms with van der Waals surface area (Å²) in [6.07, 6.45) is 9.63. The molecule has 0 aliphatic rings. The molecule has 3 aromatic carbocycles. The lowest BCUT2D eigenvalue weighted by Crippen LogP contribution is -2.15. The minimum Gasteiger partial charge on any atom is -0.422 e. The summed E-state index contributed by atoms with van der Waals surface area (Å²) in [5, 5.41) is 0. The maximum absolute atomic E-state index is 12.7. The van der Waals surface area contributed by atoms with Gasteiger partial charge in [-0.2, -0.15) is 0 Å². The molecule has 6 nitrogen and oxygen atoms in total. The summed E-state index contributed by atoms with van der Waals surface area (Å²) in [5.74, 6) is -0.258. The summed E-state index contributed by atoms with van der Waals surface area (Å²) < 4.78 is 11.2. The van der Waals surface area contributed by atoms with E-state index in [1.807, 2.05) is 37.3 Å². The Balaban J connectivity index is 0.00000380. The molecule has 0 aromatic heterocycles. The van der Waals surface area contributed by atoms with Gasteiger partial charge in [0.1, 0.15) is 0 Å². The van der Waals surface area contributed by atoms with Crippen molar-refractivity contribution in [3.05, 3.63) is 94.5 Å². The first-order chi connectivity index (χ1) is 18.0. The number of carbonyl (C=O) groups excluding carboxylic acids is 2. The van der Waals surface area contributed by atoms with Crippen LogP contribution in [0.15, 0.2) is 66.7 Å². The Morgan fingerprint density at radius 2 is 0.974 bits per heavy atom. The molecule has 212 valence electrons. The average molecular weight is 537 g/mol. The third-order valence-corrected chi connectivity index (χ3v) is 6.43. The summed E-state index contributed by atoms with van der Waals surface area (Å²) >= 11 is 0. The van der Waals surface area contributed by atoms with E-state index in [1.54, 1.807) is 12.1 Å². The Labute approximate surface area is 233 Å². The number of hydrogen-bond acceptors (Lipinski definition) is 4. The molecule has 0 fully saturated rings. The third kappa shape index (κ3) is 11.8. The molecule has 0 saturated heterocycles. The topological polar surface area (TPSA) is 116 Å². The fraction of sp³-hybridized carbons (Fsp3) is 0.394. The van der Waals surface area contributed by atoms with Gasteiger partial charge in [0.15, 0.2) is 11.5 Å². The zero-order valence-corrected chi connectivity index (χ0v) is 23.6. The molecule has 0 heterocycles. The molecule has 0 bridgehead atoms. The van der Waals surface area contributed by atoms with Crippen molar-refractivity contribution in [3.8, 4) is 11.5 Å². The highest BCUT2D eigenvalue weighted by molar-refractivity contribution is 5.78. The Morgan fingerprint density at radius 1 is 0.564 bits per heavy atom. The second-order valence-corrected chi connectivity index (χ2v) is 9.80. The van der Waals surface area contributed by atoms with Gasteiger partial charge < -0.3 is 20.4 Å². The van der Waals surface area contributed by atoms with E-state index < -0.39 is 5.97 Å².